The number of carbonyl (C=O) groups excluding carboxylic acids is 1. The van der Waals surface area contributed by atoms with Crippen LogP contribution in [0.1, 0.15) is 27.2 Å². The van der Waals surface area contributed by atoms with Gasteiger partial charge in [-0.15, -0.1) is 23.7 Å². The Kier molecular flexibility index (Phi) is 7.69. The van der Waals surface area contributed by atoms with E-state index in [0.29, 0.717) is 21.9 Å². The molecule has 0 bridgehead atoms. The number of non-ortho nitro benzene ring substituents is 1. The summed E-state index contributed by atoms with van der Waals surface area (Å²) < 4.78 is 1.91. The molecular weight excluding hydrogens is 480 g/mol. The number of amides is 1. The third kappa shape index (κ3) is 5.33. The number of nitro groups is 1. The average Bonchev–Trinajstić information content (AvgIpc) is 3.34. The van der Waals surface area contributed by atoms with Crippen molar-refractivity contribution in [3.05, 3.63) is 62.5 Å². The number of hydrogen-bond acceptors (Lipinski definition) is 7. The Hall–Kier alpha value is -2.59. The van der Waals surface area contributed by atoms with Crippen molar-refractivity contribution in [3.8, 4) is 0 Å². The number of benzene rings is 2. The number of halogens is 1. The molecule has 0 atom stereocenters. The van der Waals surface area contributed by atoms with E-state index in [2.05, 4.69) is 30.9 Å². The molecule has 7 nitrogen and oxygen atoms in total. The number of aryl methyl sites for hydroxylation is 2. The van der Waals surface area contributed by atoms with Gasteiger partial charge in [-0.1, -0.05) is 11.3 Å². The van der Waals surface area contributed by atoms with Gasteiger partial charge in [0.1, 0.15) is 0 Å². The van der Waals surface area contributed by atoms with E-state index in [4.69, 9.17) is 4.98 Å². The van der Waals surface area contributed by atoms with E-state index < -0.39 is 4.92 Å². The zero-order valence-corrected chi connectivity index (χ0v) is 21.3. The molecule has 0 radical (unpaired) electrons. The van der Waals surface area contributed by atoms with Gasteiger partial charge in [0.05, 0.1) is 20.0 Å². The quantitative estimate of drug-likeness (QED) is 0.226. The van der Waals surface area contributed by atoms with E-state index in [1.807, 2.05) is 14.1 Å². The molecule has 0 N–H and O–H groups in total. The van der Waals surface area contributed by atoms with E-state index in [9.17, 15) is 14.9 Å². The van der Waals surface area contributed by atoms with Crippen LogP contribution in [0, 0.1) is 24.0 Å². The lowest BCUT2D eigenvalue weighted by atomic mass is 10.1. The van der Waals surface area contributed by atoms with Crippen molar-refractivity contribution in [1.29, 1.82) is 0 Å². The fraction of sp³-hybridized carbons (Fsp3) is 0.304. The number of carbonyl (C=O) groups is 1. The zero-order chi connectivity index (χ0) is 23.0. The van der Waals surface area contributed by atoms with Gasteiger partial charge in [-0.25, -0.2) is 4.98 Å². The molecule has 2 aromatic heterocycles. The van der Waals surface area contributed by atoms with Crippen molar-refractivity contribution in [3.63, 3.8) is 0 Å². The lowest BCUT2D eigenvalue weighted by Gasteiger charge is -2.20. The first-order valence-corrected chi connectivity index (χ1v) is 11.9. The summed E-state index contributed by atoms with van der Waals surface area (Å²) in [5.74, 6) is -0.125. The fourth-order valence-electron chi connectivity index (χ4n) is 3.50. The molecule has 0 aliphatic heterocycles. The molecule has 0 aliphatic carbocycles. The maximum Gasteiger partial charge on any atom is 0.270 e. The van der Waals surface area contributed by atoms with Gasteiger partial charge in [-0.2, -0.15) is 0 Å². The number of nitrogens with zero attached hydrogens (tertiary/aromatic N) is 4. The Labute approximate surface area is 206 Å². The molecule has 2 heterocycles. The van der Waals surface area contributed by atoms with Crippen LogP contribution in [-0.4, -0.2) is 47.9 Å². The molecule has 4 aromatic rings. The zero-order valence-electron chi connectivity index (χ0n) is 18.8. The van der Waals surface area contributed by atoms with E-state index in [1.54, 1.807) is 17.0 Å². The number of nitro benzene ring substituents is 1. The second kappa shape index (κ2) is 10.1. The van der Waals surface area contributed by atoms with Gasteiger partial charge < -0.3 is 4.90 Å². The molecule has 10 heteroatoms. The van der Waals surface area contributed by atoms with Crippen molar-refractivity contribution in [2.45, 2.75) is 20.3 Å². The molecule has 0 aliphatic rings. The van der Waals surface area contributed by atoms with E-state index in [1.165, 1.54) is 45.9 Å². The highest BCUT2D eigenvalue weighted by Crippen LogP contribution is 2.34. The van der Waals surface area contributed by atoms with Crippen LogP contribution in [0.5, 0.6) is 0 Å². The van der Waals surface area contributed by atoms with Crippen LogP contribution in [0.25, 0.3) is 20.3 Å². The highest BCUT2D eigenvalue weighted by atomic mass is 35.5. The third-order valence-corrected chi connectivity index (χ3v) is 7.52. The van der Waals surface area contributed by atoms with Crippen molar-refractivity contribution in [2.24, 2.45) is 0 Å². The van der Waals surface area contributed by atoms with Crippen molar-refractivity contribution in [1.82, 2.24) is 9.88 Å². The summed E-state index contributed by atoms with van der Waals surface area (Å²) in [4.78, 5) is 33.4. The van der Waals surface area contributed by atoms with Crippen LogP contribution >= 0.6 is 35.1 Å². The number of hydrogen-bond donors (Lipinski definition) is 0. The average molecular weight is 505 g/mol. The van der Waals surface area contributed by atoms with Gasteiger partial charge in [0, 0.05) is 28.8 Å². The summed E-state index contributed by atoms with van der Waals surface area (Å²) in [6.07, 6.45) is 0.809. The van der Waals surface area contributed by atoms with E-state index in [0.717, 1.165) is 27.9 Å². The lowest BCUT2D eigenvalue weighted by Crippen LogP contribution is -2.32. The second-order valence-electron chi connectivity index (χ2n) is 8.10. The van der Waals surface area contributed by atoms with Crippen LogP contribution in [0.2, 0.25) is 0 Å². The molecule has 1 amide bonds. The normalized spacial score (nSPS) is 11.2. The highest BCUT2D eigenvalue weighted by molar-refractivity contribution is 7.23. The van der Waals surface area contributed by atoms with Gasteiger partial charge in [-0.05, 0) is 76.3 Å². The number of fused-ring (bicyclic) bond motifs is 2. The van der Waals surface area contributed by atoms with Gasteiger partial charge in [-0.3, -0.25) is 19.8 Å². The Balaban J connectivity index is 0.00000306. The lowest BCUT2D eigenvalue weighted by molar-refractivity contribution is -0.384. The Morgan fingerprint density at radius 3 is 2.45 bits per heavy atom. The molecule has 0 unspecified atom stereocenters. The predicted molar refractivity (Wildman–Crippen MR) is 140 cm³/mol. The first-order chi connectivity index (χ1) is 15.2. The topological polar surface area (TPSA) is 79.6 Å². The largest absolute Gasteiger partial charge is 0.309 e. The highest BCUT2D eigenvalue weighted by Gasteiger charge is 2.23. The minimum Gasteiger partial charge on any atom is -0.309 e. The first-order valence-electron chi connectivity index (χ1n) is 10.3. The standard InChI is InChI=1S/C23H24N4O3S2.ClH/c1-14-10-18-20(11-15(14)2)32-23(24-18)26(9-5-8-25(3)4)22(28)21-13-16-12-17(27(29)30)6-7-19(16)31-21;/h6-7,10-13H,5,8-9H2,1-4H3;1H. The smallest absolute Gasteiger partial charge is 0.270 e. The molecule has 0 saturated heterocycles. The number of anilines is 1. The summed E-state index contributed by atoms with van der Waals surface area (Å²) in [5, 5.41) is 12.5. The Morgan fingerprint density at radius 1 is 1.03 bits per heavy atom. The van der Waals surface area contributed by atoms with Gasteiger partial charge >= 0.3 is 0 Å². The number of aromatic nitrogens is 1. The van der Waals surface area contributed by atoms with Crippen molar-refractivity contribution in [2.75, 3.05) is 32.1 Å². The molecule has 0 fully saturated rings. The molecule has 33 heavy (non-hydrogen) atoms. The second-order valence-corrected chi connectivity index (χ2v) is 10.2. The third-order valence-electron chi connectivity index (χ3n) is 5.38. The maximum absolute atomic E-state index is 13.6. The molecular formula is C23H25ClN4O3S2. The monoisotopic (exact) mass is 504 g/mol. The minimum absolute atomic E-state index is 0. The molecule has 2 aromatic carbocycles. The summed E-state index contributed by atoms with van der Waals surface area (Å²) in [6, 6.07) is 10.6. The fourth-order valence-corrected chi connectivity index (χ4v) is 5.56. The molecule has 0 saturated carbocycles. The van der Waals surface area contributed by atoms with E-state index in [-0.39, 0.29) is 24.0 Å². The molecule has 174 valence electrons. The maximum atomic E-state index is 13.6. The van der Waals surface area contributed by atoms with Crippen LogP contribution in [0.3, 0.4) is 0 Å². The summed E-state index contributed by atoms with van der Waals surface area (Å²) in [5.41, 5.74) is 3.29. The van der Waals surface area contributed by atoms with Crippen molar-refractivity contribution >= 4 is 72.1 Å². The summed E-state index contributed by atoms with van der Waals surface area (Å²) >= 11 is 2.87. The van der Waals surface area contributed by atoms with Gasteiger partial charge in [0.15, 0.2) is 5.13 Å². The van der Waals surface area contributed by atoms with E-state index >= 15 is 0 Å². The number of thiazole rings is 1. The van der Waals surface area contributed by atoms with Gasteiger partial charge in [0.2, 0.25) is 0 Å². The first kappa shape index (κ1) is 25.0. The Morgan fingerprint density at radius 2 is 1.76 bits per heavy atom. The Bertz CT molecular complexity index is 1290. The van der Waals surface area contributed by atoms with Crippen LogP contribution in [0.15, 0.2) is 36.4 Å². The molecule has 4 rings (SSSR count). The summed E-state index contributed by atoms with van der Waals surface area (Å²) in [7, 11) is 4.02. The van der Waals surface area contributed by atoms with Crippen LogP contribution in [0.4, 0.5) is 10.8 Å². The minimum atomic E-state index is -0.419. The SMILES string of the molecule is Cc1cc2nc(N(CCCN(C)C)C(=O)c3cc4cc([N+](=O)[O-])ccc4s3)sc2cc1C.Cl. The van der Waals surface area contributed by atoms with Crippen molar-refractivity contribution < 1.29 is 9.72 Å². The molecule has 0 spiro atoms. The van der Waals surface area contributed by atoms with Crippen LogP contribution in [-0.2, 0) is 0 Å². The number of thiophene rings is 1. The van der Waals surface area contributed by atoms with Gasteiger partial charge in [0.25, 0.3) is 11.6 Å². The predicted octanol–water partition coefficient (Wildman–Crippen LogP) is 6.06. The summed E-state index contributed by atoms with van der Waals surface area (Å²) in [6.45, 7) is 5.53. The number of rotatable bonds is 7. The van der Waals surface area contributed by atoms with Crippen LogP contribution < -0.4 is 4.90 Å².